The van der Waals surface area contributed by atoms with E-state index in [-0.39, 0.29) is 16.6 Å². The van der Waals surface area contributed by atoms with Gasteiger partial charge in [-0.15, -0.1) is 0 Å². The zero-order chi connectivity index (χ0) is 13.4. The van der Waals surface area contributed by atoms with E-state index in [1.165, 1.54) is 12.8 Å². The number of nitrogens with zero attached hydrogens (tertiary/aromatic N) is 1. The van der Waals surface area contributed by atoms with Crippen LogP contribution in [0.15, 0.2) is 0 Å². The van der Waals surface area contributed by atoms with Gasteiger partial charge in [-0.05, 0) is 32.4 Å². The van der Waals surface area contributed by atoms with Crippen molar-refractivity contribution in [1.29, 1.82) is 0 Å². The van der Waals surface area contributed by atoms with Crippen molar-refractivity contribution in [3.8, 4) is 0 Å². The van der Waals surface area contributed by atoms with E-state index in [1.54, 1.807) is 0 Å². The van der Waals surface area contributed by atoms with Crippen molar-refractivity contribution in [2.24, 2.45) is 0 Å². The van der Waals surface area contributed by atoms with Crippen molar-refractivity contribution in [2.75, 3.05) is 19.3 Å². The molecule has 0 bridgehead atoms. The van der Waals surface area contributed by atoms with Crippen LogP contribution in [0.4, 0.5) is 0 Å². The summed E-state index contributed by atoms with van der Waals surface area (Å²) in [5.74, 6) is 0.0698. The lowest BCUT2D eigenvalue weighted by atomic mass is 9.97. The van der Waals surface area contributed by atoms with Crippen LogP contribution in [-0.2, 0) is 9.59 Å². The van der Waals surface area contributed by atoms with Crippen LogP contribution in [0.3, 0.4) is 0 Å². The molecule has 1 N–H and O–H groups in total. The van der Waals surface area contributed by atoms with Crippen LogP contribution in [-0.4, -0.2) is 46.3 Å². The lowest BCUT2D eigenvalue weighted by Gasteiger charge is -2.33. The number of hydrogen-bond acceptors (Lipinski definition) is 3. The number of nitrogens with one attached hydrogen (secondary N) is 1. The summed E-state index contributed by atoms with van der Waals surface area (Å²) in [5, 5.41) is 2.87. The molecule has 0 aromatic carbocycles. The van der Waals surface area contributed by atoms with Crippen LogP contribution < -0.4 is 5.32 Å². The molecule has 2 fully saturated rings. The molecule has 1 saturated heterocycles. The molecule has 0 spiro atoms. The largest absolute Gasteiger partial charge is 0.342 e. The highest BCUT2D eigenvalue weighted by molar-refractivity contribution is 8.00. The summed E-state index contributed by atoms with van der Waals surface area (Å²) >= 11 is 1.85. The van der Waals surface area contributed by atoms with E-state index in [0.29, 0.717) is 19.4 Å². The predicted octanol–water partition coefficient (Wildman–Crippen LogP) is 1.40. The van der Waals surface area contributed by atoms with Crippen LogP contribution in [0.1, 0.15) is 39.5 Å². The smallest absolute Gasteiger partial charge is 0.248 e. The quantitative estimate of drug-likeness (QED) is 0.840. The number of amides is 2. The van der Waals surface area contributed by atoms with Crippen molar-refractivity contribution in [2.45, 2.75) is 49.8 Å². The van der Waals surface area contributed by atoms with Gasteiger partial charge in [0.05, 0.1) is 0 Å². The van der Waals surface area contributed by atoms with Crippen LogP contribution >= 0.6 is 11.8 Å². The van der Waals surface area contributed by atoms with Gasteiger partial charge in [0.15, 0.2) is 0 Å². The molecule has 18 heavy (non-hydrogen) atoms. The van der Waals surface area contributed by atoms with E-state index in [2.05, 4.69) is 11.6 Å². The van der Waals surface area contributed by atoms with Gasteiger partial charge < -0.3 is 10.2 Å². The fraction of sp³-hybridized carbons (Fsp3) is 0.846. The van der Waals surface area contributed by atoms with Gasteiger partial charge in [0.1, 0.15) is 5.54 Å². The maximum Gasteiger partial charge on any atom is 0.248 e. The Morgan fingerprint density at radius 1 is 1.39 bits per heavy atom. The van der Waals surface area contributed by atoms with Gasteiger partial charge in [-0.25, -0.2) is 0 Å². The Kier molecular flexibility index (Phi) is 3.63. The minimum absolute atomic E-state index is 0.0100. The molecular weight excluding hydrogens is 248 g/mol. The molecule has 102 valence electrons. The standard InChI is InChI=1S/C13H22N2O2S/c1-4-12(2)11(17)15(8-5-10(16)14-12)9-13(18-3)6-7-13/h4-9H2,1-3H3,(H,14,16). The summed E-state index contributed by atoms with van der Waals surface area (Å²) < 4.78 is 0.262. The lowest BCUT2D eigenvalue weighted by Crippen LogP contribution is -2.55. The first-order valence-corrected chi connectivity index (χ1v) is 7.83. The zero-order valence-electron chi connectivity index (χ0n) is 11.4. The van der Waals surface area contributed by atoms with Crippen LogP contribution in [0.5, 0.6) is 0 Å². The highest BCUT2D eigenvalue weighted by Crippen LogP contribution is 2.48. The summed E-state index contributed by atoms with van der Waals surface area (Å²) in [5.41, 5.74) is -0.720. The Hall–Kier alpha value is -0.710. The van der Waals surface area contributed by atoms with Gasteiger partial charge in [-0.2, -0.15) is 11.8 Å². The molecule has 2 aliphatic rings. The molecule has 1 aliphatic carbocycles. The molecule has 1 aliphatic heterocycles. The minimum Gasteiger partial charge on any atom is -0.342 e. The van der Waals surface area contributed by atoms with E-state index in [9.17, 15) is 9.59 Å². The highest BCUT2D eigenvalue weighted by atomic mass is 32.2. The number of carbonyl (C=O) groups excluding carboxylic acids is 2. The highest BCUT2D eigenvalue weighted by Gasteiger charge is 2.47. The van der Waals surface area contributed by atoms with Gasteiger partial charge >= 0.3 is 0 Å². The summed E-state index contributed by atoms with van der Waals surface area (Å²) in [7, 11) is 0. The van der Waals surface area contributed by atoms with Crippen LogP contribution in [0, 0.1) is 0 Å². The Bertz CT molecular complexity index is 368. The minimum atomic E-state index is -0.720. The first-order chi connectivity index (χ1) is 8.45. The fourth-order valence-corrected chi connectivity index (χ4v) is 3.21. The Morgan fingerprint density at radius 3 is 2.56 bits per heavy atom. The maximum atomic E-state index is 12.6. The first-order valence-electron chi connectivity index (χ1n) is 6.60. The molecule has 1 unspecified atom stereocenters. The molecule has 2 amide bonds. The Labute approximate surface area is 113 Å². The van der Waals surface area contributed by atoms with Gasteiger partial charge in [-0.3, -0.25) is 9.59 Å². The number of carbonyl (C=O) groups is 2. The number of rotatable bonds is 4. The second-order valence-corrected chi connectivity index (χ2v) is 6.87. The third-order valence-electron chi connectivity index (χ3n) is 4.21. The number of thioether (sulfide) groups is 1. The van der Waals surface area contributed by atoms with Crippen molar-refractivity contribution in [3.63, 3.8) is 0 Å². The van der Waals surface area contributed by atoms with Gasteiger partial charge in [0, 0.05) is 24.3 Å². The van der Waals surface area contributed by atoms with E-state index in [4.69, 9.17) is 0 Å². The summed E-state index contributed by atoms with van der Waals surface area (Å²) in [6, 6.07) is 0. The fourth-order valence-electron chi connectivity index (χ4n) is 2.42. The summed E-state index contributed by atoms with van der Waals surface area (Å²) in [6.07, 6.45) is 5.54. The van der Waals surface area contributed by atoms with Gasteiger partial charge in [0.2, 0.25) is 11.8 Å². The topological polar surface area (TPSA) is 49.4 Å². The second kappa shape index (κ2) is 4.76. The Morgan fingerprint density at radius 2 is 2.06 bits per heavy atom. The van der Waals surface area contributed by atoms with E-state index < -0.39 is 5.54 Å². The molecule has 1 atom stereocenters. The lowest BCUT2D eigenvalue weighted by molar-refractivity contribution is -0.138. The normalized spacial score (nSPS) is 30.9. The monoisotopic (exact) mass is 270 g/mol. The molecule has 4 nitrogen and oxygen atoms in total. The third-order valence-corrected chi connectivity index (χ3v) is 5.61. The molecule has 0 aromatic heterocycles. The SMILES string of the molecule is CCC1(C)NC(=O)CCN(CC2(SC)CC2)C1=O. The first kappa shape index (κ1) is 13.7. The van der Waals surface area contributed by atoms with E-state index in [1.807, 2.05) is 30.5 Å². The predicted molar refractivity (Wildman–Crippen MR) is 73.5 cm³/mol. The molecule has 0 radical (unpaired) electrons. The van der Waals surface area contributed by atoms with Crippen LogP contribution in [0.25, 0.3) is 0 Å². The molecule has 2 rings (SSSR count). The van der Waals surface area contributed by atoms with Crippen molar-refractivity contribution >= 4 is 23.6 Å². The second-order valence-electron chi connectivity index (χ2n) is 5.60. The van der Waals surface area contributed by atoms with Crippen LogP contribution in [0.2, 0.25) is 0 Å². The zero-order valence-corrected chi connectivity index (χ0v) is 12.2. The molecule has 5 heteroatoms. The van der Waals surface area contributed by atoms with Gasteiger partial charge in [0.25, 0.3) is 0 Å². The average Bonchev–Trinajstić information content (AvgIpc) is 3.14. The third kappa shape index (κ3) is 2.51. The molecule has 0 aromatic rings. The van der Waals surface area contributed by atoms with E-state index >= 15 is 0 Å². The number of hydrogen-bond donors (Lipinski definition) is 1. The molecule has 1 saturated carbocycles. The van der Waals surface area contributed by atoms with Crippen molar-refractivity contribution < 1.29 is 9.59 Å². The van der Waals surface area contributed by atoms with E-state index in [0.717, 1.165) is 6.54 Å². The van der Waals surface area contributed by atoms with Crippen molar-refractivity contribution in [1.82, 2.24) is 10.2 Å². The summed E-state index contributed by atoms with van der Waals surface area (Å²) in [6.45, 7) is 5.13. The average molecular weight is 270 g/mol. The summed E-state index contributed by atoms with van der Waals surface area (Å²) in [4.78, 5) is 26.2. The van der Waals surface area contributed by atoms with Crippen molar-refractivity contribution in [3.05, 3.63) is 0 Å². The molecular formula is C13H22N2O2S. The van der Waals surface area contributed by atoms with Gasteiger partial charge in [-0.1, -0.05) is 6.92 Å². The maximum absolute atomic E-state index is 12.6. The Balaban J connectivity index is 2.14. The molecule has 1 heterocycles.